The Morgan fingerprint density at radius 3 is 2.23 bits per heavy atom. The summed E-state index contributed by atoms with van der Waals surface area (Å²) in [4.78, 5) is 11.8. The van der Waals surface area contributed by atoms with Crippen molar-refractivity contribution in [3.05, 3.63) is 54.3 Å². The lowest BCUT2D eigenvalue weighted by molar-refractivity contribution is -0.116. The molecule has 0 fully saturated rings. The molecule has 2 rings (SSSR count). The third-order valence-electron chi connectivity index (χ3n) is 3.25. The van der Waals surface area contributed by atoms with Crippen molar-refractivity contribution in [1.82, 2.24) is 4.31 Å². The summed E-state index contributed by atoms with van der Waals surface area (Å²) in [7, 11) is -2.75. The third-order valence-corrected chi connectivity index (χ3v) is 5.07. The lowest BCUT2D eigenvalue weighted by Gasteiger charge is -2.17. The van der Waals surface area contributed by atoms with Crippen LogP contribution in [-0.4, -0.2) is 38.8 Å². The molecule has 0 radical (unpaired) electrons. The van der Waals surface area contributed by atoms with Gasteiger partial charge in [0.05, 0.1) is 11.4 Å². The fraction of sp³-hybridized carbons (Fsp3) is 0.188. The molecule has 140 valence electrons. The van der Waals surface area contributed by atoms with Gasteiger partial charge < -0.3 is 10.1 Å². The Hall–Kier alpha value is -2.59. The van der Waals surface area contributed by atoms with Gasteiger partial charge in [0.25, 0.3) is 0 Å². The van der Waals surface area contributed by atoms with Crippen molar-refractivity contribution >= 4 is 21.6 Å². The van der Waals surface area contributed by atoms with Crippen LogP contribution in [0.4, 0.5) is 18.9 Å². The number of carbonyl (C=O) groups excluding carboxylic acids is 1. The predicted molar refractivity (Wildman–Crippen MR) is 87.9 cm³/mol. The van der Waals surface area contributed by atoms with Crippen molar-refractivity contribution in [1.29, 1.82) is 0 Å². The molecule has 0 aromatic heterocycles. The number of amides is 1. The third kappa shape index (κ3) is 5.20. The highest BCUT2D eigenvalue weighted by molar-refractivity contribution is 7.89. The summed E-state index contributed by atoms with van der Waals surface area (Å²) in [6.07, 6.45) is 0. The summed E-state index contributed by atoms with van der Waals surface area (Å²) >= 11 is 0. The van der Waals surface area contributed by atoms with Crippen LogP contribution in [-0.2, 0) is 14.8 Å². The fourth-order valence-corrected chi connectivity index (χ4v) is 3.12. The van der Waals surface area contributed by atoms with Gasteiger partial charge in [0.15, 0.2) is 0 Å². The second-order valence-electron chi connectivity index (χ2n) is 5.17. The number of nitrogens with zero attached hydrogens (tertiary/aromatic N) is 1. The molecule has 2 aromatic rings. The molecule has 0 saturated carbocycles. The van der Waals surface area contributed by atoms with Gasteiger partial charge in [-0.15, -0.1) is 0 Å². The van der Waals surface area contributed by atoms with E-state index < -0.39 is 34.9 Å². The molecule has 10 heteroatoms. The number of carbonyl (C=O) groups is 1. The van der Waals surface area contributed by atoms with E-state index in [1.165, 1.54) is 31.3 Å². The highest BCUT2D eigenvalue weighted by Crippen LogP contribution is 2.18. The topological polar surface area (TPSA) is 75.7 Å². The lowest BCUT2D eigenvalue weighted by atomic mass is 10.3. The van der Waals surface area contributed by atoms with Crippen molar-refractivity contribution in [2.45, 2.75) is 11.5 Å². The van der Waals surface area contributed by atoms with Crippen molar-refractivity contribution in [2.75, 3.05) is 18.9 Å². The van der Waals surface area contributed by atoms with Gasteiger partial charge in [-0.25, -0.2) is 12.8 Å². The minimum absolute atomic E-state index is 0.0750. The maximum Gasteiger partial charge on any atom is 0.387 e. The first-order valence-electron chi connectivity index (χ1n) is 7.25. The number of hydrogen-bond donors (Lipinski definition) is 1. The molecule has 0 bridgehead atoms. The van der Waals surface area contributed by atoms with Gasteiger partial charge in [0.2, 0.25) is 15.9 Å². The lowest BCUT2D eigenvalue weighted by Crippen LogP contribution is -2.34. The monoisotopic (exact) mass is 388 g/mol. The van der Waals surface area contributed by atoms with Crippen LogP contribution in [0.2, 0.25) is 0 Å². The number of alkyl halides is 2. The summed E-state index contributed by atoms with van der Waals surface area (Å²) in [5.41, 5.74) is 0.282. The van der Waals surface area contributed by atoms with Gasteiger partial charge in [-0.1, -0.05) is 0 Å². The number of ether oxygens (including phenoxy) is 1. The molecule has 0 saturated heterocycles. The van der Waals surface area contributed by atoms with Gasteiger partial charge in [-0.2, -0.15) is 13.1 Å². The number of halogens is 3. The standard InChI is InChI=1S/C16H15F3N2O4S/c1-21(26(23,24)14-8-2-11(17)3-9-14)10-15(22)20-12-4-6-13(7-5-12)25-16(18)19/h2-9,16H,10H2,1H3,(H,20,22). The number of likely N-dealkylation sites (N-methyl/N-ethyl adjacent to an activating group) is 1. The molecule has 0 aliphatic heterocycles. The van der Waals surface area contributed by atoms with E-state index >= 15 is 0 Å². The normalized spacial score (nSPS) is 11.6. The molecular formula is C16H15F3N2O4S. The molecule has 26 heavy (non-hydrogen) atoms. The van der Waals surface area contributed by atoms with E-state index in [9.17, 15) is 26.4 Å². The number of rotatable bonds is 7. The smallest absolute Gasteiger partial charge is 0.387 e. The average Bonchev–Trinajstić information content (AvgIpc) is 2.56. The Bertz CT molecular complexity index is 856. The van der Waals surface area contributed by atoms with E-state index in [0.717, 1.165) is 28.6 Å². The van der Waals surface area contributed by atoms with Crippen molar-refractivity contribution in [2.24, 2.45) is 0 Å². The SMILES string of the molecule is CN(CC(=O)Nc1ccc(OC(F)F)cc1)S(=O)(=O)c1ccc(F)cc1. The van der Waals surface area contributed by atoms with Crippen LogP contribution >= 0.6 is 0 Å². The number of sulfonamides is 1. The number of nitrogens with one attached hydrogen (secondary N) is 1. The zero-order valence-electron chi connectivity index (χ0n) is 13.5. The van der Waals surface area contributed by atoms with E-state index in [1.807, 2.05) is 0 Å². The van der Waals surface area contributed by atoms with E-state index in [4.69, 9.17) is 0 Å². The van der Waals surface area contributed by atoms with Gasteiger partial charge in [-0.05, 0) is 48.5 Å². The second kappa shape index (κ2) is 8.19. The Balaban J connectivity index is 1.99. The molecule has 1 amide bonds. The van der Waals surface area contributed by atoms with Crippen LogP contribution in [0.3, 0.4) is 0 Å². The van der Waals surface area contributed by atoms with Crippen LogP contribution in [0.1, 0.15) is 0 Å². The minimum Gasteiger partial charge on any atom is -0.435 e. The highest BCUT2D eigenvalue weighted by atomic mass is 32.2. The van der Waals surface area contributed by atoms with Crippen LogP contribution < -0.4 is 10.1 Å². The first kappa shape index (κ1) is 19.7. The summed E-state index contributed by atoms with van der Waals surface area (Å²) in [6, 6.07) is 9.35. The zero-order valence-corrected chi connectivity index (χ0v) is 14.3. The maximum atomic E-state index is 12.9. The number of hydrogen-bond acceptors (Lipinski definition) is 4. The number of benzene rings is 2. The first-order chi connectivity index (χ1) is 12.2. The molecule has 1 N–H and O–H groups in total. The Kier molecular flexibility index (Phi) is 6.22. The fourth-order valence-electron chi connectivity index (χ4n) is 1.99. The van der Waals surface area contributed by atoms with Crippen molar-refractivity contribution < 1.29 is 31.1 Å². The maximum absolute atomic E-state index is 12.9. The summed E-state index contributed by atoms with van der Waals surface area (Å²) < 4.78 is 66.7. The zero-order chi connectivity index (χ0) is 19.3. The van der Waals surface area contributed by atoms with Gasteiger partial charge >= 0.3 is 6.61 Å². The van der Waals surface area contributed by atoms with Crippen LogP contribution in [0.15, 0.2) is 53.4 Å². The van der Waals surface area contributed by atoms with E-state index in [2.05, 4.69) is 10.1 Å². The Labute approximate surface area is 148 Å². The van der Waals surface area contributed by atoms with Crippen LogP contribution in [0, 0.1) is 5.82 Å². The second-order valence-corrected chi connectivity index (χ2v) is 7.21. The molecule has 0 spiro atoms. The average molecular weight is 388 g/mol. The van der Waals surface area contributed by atoms with E-state index in [0.29, 0.717) is 0 Å². The van der Waals surface area contributed by atoms with Crippen molar-refractivity contribution in [3.8, 4) is 5.75 Å². The molecule has 6 nitrogen and oxygen atoms in total. The van der Waals surface area contributed by atoms with Gasteiger partial charge in [0, 0.05) is 12.7 Å². The molecule has 0 unspecified atom stereocenters. The largest absolute Gasteiger partial charge is 0.435 e. The van der Waals surface area contributed by atoms with E-state index in [1.54, 1.807) is 0 Å². The summed E-state index contributed by atoms with van der Waals surface area (Å²) in [5, 5.41) is 2.44. The van der Waals surface area contributed by atoms with Crippen LogP contribution in [0.5, 0.6) is 5.75 Å². The molecule has 0 atom stereocenters. The van der Waals surface area contributed by atoms with Crippen LogP contribution in [0.25, 0.3) is 0 Å². The molecule has 0 heterocycles. The molecule has 2 aromatic carbocycles. The molecule has 0 aliphatic carbocycles. The van der Waals surface area contributed by atoms with Gasteiger partial charge in [-0.3, -0.25) is 4.79 Å². The quantitative estimate of drug-likeness (QED) is 0.791. The molecular weight excluding hydrogens is 373 g/mol. The van der Waals surface area contributed by atoms with Crippen molar-refractivity contribution in [3.63, 3.8) is 0 Å². The number of anilines is 1. The first-order valence-corrected chi connectivity index (χ1v) is 8.69. The Morgan fingerprint density at radius 2 is 1.69 bits per heavy atom. The van der Waals surface area contributed by atoms with Gasteiger partial charge in [0.1, 0.15) is 11.6 Å². The molecule has 0 aliphatic rings. The summed E-state index contributed by atoms with van der Waals surface area (Å²) in [6.45, 7) is -3.45. The minimum atomic E-state index is -3.96. The van der Waals surface area contributed by atoms with E-state index in [-0.39, 0.29) is 16.3 Å². The highest BCUT2D eigenvalue weighted by Gasteiger charge is 2.23. The predicted octanol–water partition coefficient (Wildman–Crippen LogP) is 2.69. The summed E-state index contributed by atoms with van der Waals surface area (Å²) in [5.74, 6) is -1.29. The Morgan fingerprint density at radius 1 is 1.12 bits per heavy atom.